The highest BCUT2D eigenvalue weighted by atomic mass is 15.1. The van der Waals surface area contributed by atoms with Gasteiger partial charge in [-0.3, -0.25) is 4.98 Å². The second kappa shape index (κ2) is 3.99. The van der Waals surface area contributed by atoms with E-state index in [2.05, 4.69) is 61.2 Å². The molecule has 0 fully saturated rings. The summed E-state index contributed by atoms with van der Waals surface area (Å²) < 4.78 is 0. The summed E-state index contributed by atoms with van der Waals surface area (Å²) in [4.78, 5) is 6.74. The normalized spacial score (nSPS) is 11.2. The van der Waals surface area contributed by atoms with E-state index in [-0.39, 0.29) is 0 Å². The van der Waals surface area contributed by atoms with Gasteiger partial charge in [0.2, 0.25) is 0 Å². The van der Waals surface area contributed by atoms with Gasteiger partial charge in [-0.05, 0) is 39.2 Å². The third-order valence-corrected chi connectivity index (χ3v) is 2.38. The number of hydrogen-bond acceptors (Lipinski definition) is 2. The molecular weight excluding hydrogens is 184 g/mol. The first-order valence-electron chi connectivity index (χ1n) is 5.16. The van der Waals surface area contributed by atoms with E-state index >= 15 is 0 Å². The van der Waals surface area contributed by atoms with Crippen molar-refractivity contribution in [3.05, 3.63) is 41.6 Å². The van der Waals surface area contributed by atoms with Crippen molar-refractivity contribution >= 4 is 10.9 Å². The summed E-state index contributed by atoms with van der Waals surface area (Å²) in [6.07, 6.45) is 0. The second-order valence-electron chi connectivity index (χ2n) is 4.24. The van der Waals surface area contributed by atoms with Gasteiger partial charge in [0.15, 0.2) is 0 Å². The predicted octanol–water partition coefficient (Wildman–Crippen LogP) is 2.60. The number of benzene rings is 1. The molecule has 0 saturated heterocycles. The maximum Gasteiger partial charge on any atom is 0.0706 e. The Bertz CT molecular complexity index is 475. The van der Waals surface area contributed by atoms with E-state index in [0.717, 1.165) is 17.8 Å². The summed E-state index contributed by atoms with van der Waals surface area (Å²) in [6, 6.07) is 10.6. The van der Waals surface area contributed by atoms with Crippen molar-refractivity contribution in [1.29, 1.82) is 0 Å². The van der Waals surface area contributed by atoms with Crippen LogP contribution in [0.4, 0.5) is 0 Å². The average molecular weight is 200 g/mol. The molecule has 2 aromatic rings. The highest BCUT2D eigenvalue weighted by Gasteiger charge is 1.99. The summed E-state index contributed by atoms with van der Waals surface area (Å²) >= 11 is 0. The molecule has 78 valence electrons. The number of aryl methyl sites for hydroxylation is 1. The Balaban J connectivity index is 2.43. The zero-order valence-electron chi connectivity index (χ0n) is 9.49. The van der Waals surface area contributed by atoms with Crippen LogP contribution in [0.1, 0.15) is 11.3 Å². The molecule has 0 radical (unpaired) electrons. The lowest BCUT2D eigenvalue weighted by Crippen LogP contribution is -2.11. The van der Waals surface area contributed by atoms with Crippen molar-refractivity contribution < 1.29 is 0 Å². The Morgan fingerprint density at radius 2 is 1.93 bits per heavy atom. The zero-order valence-corrected chi connectivity index (χ0v) is 9.49. The highest BCUT2D eigenvalue weighted by molar-refractivity contribution is 5.79. The molecule has 1 aromatic carbocycles. The quantitative estimate of drug-likeness (QED) is 0.740. The number of fused-ring (bicyclic) bond motifs is 1. The first kappa shape index (κ1) is 10.1. The molecule has 1 heterocycles. The Morgan fingerprint density at radius 1 is 1.13 bits per heavy atom. The Hall–Kier alpha value is -1.41. The van der Waals surface area contributed by atoms with Gasteiger partial charge in [-0.2, -0.15) is 0 Å². The van der Waals surface area contributed by atoms with Crippen LogP contribution in [0.3, 0.4) is 0 Å². The minimum atomic E-state index is 0.893. The van der Waals surface area contributed by atoms with Crippen LogP contribution in [0, 0.1) is 6.92 Å². The molecule has 0 saturated carbocycles. The monoisotopic (exact) mass is 200 g/mol. The Labute approximate surface area is 90.6 Å². The van der Waals surface area contributed by atoms with Gasteiger partial charge >= 0.3 is 0 Å². The van der Waals surface area contributed by atoms with E-state index in [9.17, 15) is 0 Å². The molecule has 0 bridgehead atoms. The maximum atomic E-state index is 4.61. The fourth-order valence-corrected chi connectivity index (χ4v) is 1.70. The van der Waals surface area contributed by atoms with Crippen LogP contribution >= 0.6 is 0 Å². The van der Waals surface area contributed by atoms with E-state index in [0.29, 0.717) is 0 Å². The highest BCUT2D eigenvalue weighted by Crippen LogP contribution is 2.14. The summed E-state index contributed by atoms with van der Waals surface area (Å²) in [5.41, 5.74) is 3.49. The lowest BCUT2D eigenvalue weighted by Gasteiger charge is -2.09. The predicted molar refractivity (Wildman–Crippen MR) is 63.9 cm³/mol. The van der Waals surface area contributed by atoms with Gasteiger partial charge in [0.25, 0.3) is 0 Å². The average Bonchev–Trinajstić information content (AvgIpc) is 2.17. The topological polar surface area (TPSA) is 16.1 Å². The summed E-state index contributed by atoms with van der Waals surface area (Å²) in [6.45, 7) is 3.00. The Kier molecular flexibility index (Phi) is 2.69. The molecule has 0 aliphatic heterocycles. The van der Waals surface area contributed by atoms with Crippen molar-refractivity contribution in [2.24, 2.45) is 0 Å². The van der Waals surface area contributed by atoms with Crippen LogP contribution in [0.15, 0.2) is 30.3 Å². The zero-order chi connectivity index (χ0) is 10.8. The first-order valence-corrected chi connectivity index (χ1v) is 5.16. The molecule has 0 aliphatic carbocycles. The maximum absolute atomic E-state index is 4.61. The minimum absolute atomic E-state index is 0.893. The third kappa shape index (κ3) is 2.34. The molecule has 1 aromatic heterocycles. The van der Waals surface area contributed by atoms with E-state index in [4.69, 9.17) is 0 Å². The molecule has 0 spiro atoms. The molecule has 0 atom stereocenters. The smallest absolute Gasteiger partial charge is 0.0706 e. The molecule has 0 unspecified atom stereocenters. The Morgan fingerprint density at radius 3 is 2.67 bits per heavy atom. The molecule has 2 rings (SSSR count). The number of hydrogen-bond donors (Lipinski definition) is 0. The van der Waals surface area contributed by atoms with Crippen molar-refractivity contribution in [2.45, 2.75) is 13.5 Å². The van der Waals surface area contributed by atoms with E-state index in [1.165, 1.54) is 10.9 Å². The second-order valence-corrected chi connectivity index (χ2v) is 4.24. The summed E-state index contributed by atoms with van der Waals surface area (Å²) in [5, 5.41) is 1.22. The van der Waals surface area contributed by atoms with Crippen molar-refractivity contribution in [1.82, 2.24) is 9.88 Å². The molecule has 0 amide bonds. The third-order valence-electron chi connectivity index (χ3n) is 2.38. The molecule has 0 N–H and O–H groups in total. The van der Waals surface area contributed by atoms with E-state index in [1.54, 1.807) is 0 Å². The van der Waals surface area contributed by atoms with Crippen LogP contribution in [-0.2, 0) is 6.54 Å². The first-order chi connectivity index (χ1) is 7.15. The molecule has 2 nitrogen and oxygen atoms in total. The van der Waals surface area contributed by atoms with Crippen LogP contribution in [-0.4, -0.2) is 24.0 Å². The molecule has 0 aliphatic rings. The minimum Gasteiger partial charge on any atom is -0.304 e. The standard InChI is InChI=1S/C13H16N2/c1-10-4-7-13-11(8-10)5-6-12(14-13)9-15(2)3/h4-8H,9H2,1-3H3. The van der Waals surface area contributed by atoms with Gasteiger partial charge in [-0.15, -0.1) is 0 Å². The largest absolute Gasteiger partial charge is 0.304 e. The van der Waals surface area contributed by atoms with Crippen LogP contribution in [0.2, 0.25) is 0 Å². The van der Waals surface area contributed by atoms with Crippen molar-refractivity contribution in [3.8, 4) is 0 Å². The molecule has 15 heavy (non-hydrogen) atoms. The van der Waals surface area contributed by atoms with Crippen molar-refractivity contribution in [3.63, 3.8) is 0 Å². The van der Waals surface area contributed by atoms with Crippen LogP contribution in [0.5, 0.6) is 0 Å². The van der Waals surface area contributed by atoms with Gasteiger partial charge in [0, 0.05) is 11.9 Å². The molecular formula is C13H16N2. The van der Waals surface area contributed by atoms with Gasteiger partial charge in [0.1, 0.15) is 0 Å². The van der Waals surface area contributed by atoms with Crippen LogP contribution < -0.4 is 0 Å². The number of rotatable bonds is 2. The van der Waals surface area contributed by atoms with Gasteiger partial charge < -0.3 is 4.90 Å². The van der Waals surface area contributed by atoms with E-state index in [1.807, 2.05) is 0 Å². The lowest BCUT2D eigenvalue weighted by atomic mass is 10.1. The summed E-state index contributed by atoms with van der Waals surface area (Å²) in [5.74, 6) is 0. The number of pyridine rings is 1. The number of aromatic nitrogens is 1. The van der Waals surface area contributed by atoms with E-state index < -0.39 is 0 Å². The fraction of sp³-hybridized carbons (Fsp3) is 0.308. The summed E-state index contributed by atoms with van der Waals surface area (Å²) in [7, 11) is 4.11. The van der Waals surface area contributed by atoms with Crippen LogP contribution in [0.25, 0.3) is 10.9 Å². The number of nitrogens with zero attached hydrogens (tertiary/aromatic N) is 2. The van der Waals surface area contributed by atoms with Gasteiger partial charge in [0.05, 0.1) is 11.2 Å². The van der Waals surface area contributed by atoms with Gasteiger partial charge in [-0.1, -0.05) is 17.7 Å². The van der Waals surface area contributed by atoms with Crippen molar-refractivity contribution in [2.75, 3.05) is 14.1 Å². The SMILES string of the molecule is Cc1ccc2nc(CN(C)C)ccc2c1. The van der Waals surface area contributed by atoms with Gasteiger partial charge in [-0.25, -0.2) is 0 Å². The lowest BCUT2D eigenvalue weighted by molar-refractivity contribution is 0.397. The molecule has 2 heteroatoms. The fourth-order valence-electron chi connectivity index (χ4n) is 1.70.